The summed E-state index contributed by atoms with van der Waals surface area (Å²) in [6.07, 6.45) is 3.10. The number of hydrogen-bond donors (Lipinski definition) is 1. The topological polar surface area (TPSA) is 41.6 Å². The number of nitrogens with one attached hydrogen (secondary N) is 1. The van der Waals surface area contributed by atoms with Crippen LogP contribution in [0.3, 0.4) is 0 Å². The lowest BCUT2D eigenvalue weighted by molar-refractivity contribution is -0.151. The Hall–Kier alpha value is -0.610. The minimum atomic E-state index is -0.557. The number of piperidine rings is 1. The number of esters is 1. The lowest BCUT2D eigenvalue weighted by Gasteiger charge is -2.37. The smallest absolute Gasteiger partial charge is 0.326 e. The molecule has 0 aromatic rings. The number of carbonyl (C=O) groups is 1. The van der Waals surface area contributed by atoms with Crippen molar-refractivity contribution in [2.45, 2.75) is 59.4 Å². The van der Waals surface area contributed by atoms with Crippen molar-refractivity contribution in [3.63, 3.8) is 0 Å². The highest BCUT2D eigenvalue weighted by molar-refractivity contribution is 5.80. The molecule has 1 fully saturated rings. The summed E-state index contributed by atoms with van der Waals surface area (Å²) in [6.45, 7) is 15.2. The van der Waals surface area contributed by atoms with E-state index in [2.05, 4.69) is 31.0 Å². The minimum Gasteiger partial charge on any atom is -0.465 e. The van der Waals surface area contributed by atoms with Crippen LogP contribution in [-0.2, 0) is 9.53 Å². The quantitative estimate of drug-likeness (QED) is 0.700. The summed E-state index contributed by atoms with van der Waals surface area (Å²) in [5.41, 5.74) is -0.557. The maximum Gasteiger partial charge on any atom is 0.326 e. The molecule has 0 amide bonds. The Morgan fingerprint density at radius 1 is 1.33 bits per heavy atom. The molecule has 124 valence electrons. The van der Waals surface area contributed by atoms with Crippen molar-refractivity contribution in [2.24, 2.45) is 11.8 Å². The summed E-state index contributed by atoms with van der Waals surface area (Å²) in [4.78, 5) is 14.8. The first-order chi connectivity index (χ1) is 9.92. The third-order valence-corrected chi connectivity index (χ3v) is 4.84. The van der Waals surface area contributed by atoms with Crippen molar-refractivity contribution in [3.8, 4) is 0 Å². The molecular formula is C17H34N2O2. The van der Waals surface area contributed by atoms with Crippen LogP contribution in [0, 0.1) is 11.8 Å². The van der Waals surface area contributed by atoms with Crippen LogP contribution in [0.25, 0.3) is 0 Å². The fourth-order valence-corrected chi connectivity index (χ4v) is 2.89. The van der Waals surface area contributed by atoms with Gasteiger partial charge in [-0.05, 0) is 58.0 Å². The molecule has 1 aliphatic heterocycles. The molecule has 0 saturated carbocycles. The summed E-state index contributed by atoms with van der Waals surface area (Å²) in [7, 11) is 0. The van der Waals surface area contributed by atoms with Gasteiger partial charge in [-0.2, -0.15) is 0 Å². The summed E-state index contributed by atoms with van der Waals surface area (Å²) in [5, 5.41) is 3.39. The van der Waals surface area contributed by atoms with Crippen LogP contribution in [-0.4, -0.2) is 49.2 Å². The number of ether oxygens (including phenoxy) is 1. The lowest BCUT2D eigenvalue weighted by Crippen LogP contribution is -2.53. The number of rotatable bonds is 8. The highest BCUT2D eigenvalue weighted by Crippen LogP contribution is 2.23. The first kappa shape index (κ1) is 18.4. The number of nitrogens with zero attached hydrogens (tertiary/aromatic N) is 1. The average molecular weight is 298 g/mol. The van der Waals surface area contributed by atoms with E-state index in [0.717, 1.165) is 50.9 Å². The second-order valence-electron chi connectivity index (χ2n) is 6.77. The summed E-state index contributed by atoms with van der Waals surface area (Å²) < 4.78 is 5.26. The Balaban J connectivity index is 2.54. The van der Waals surface area contributed by atoms with E-state index in [1.54, 1.807) is 0 Å². The molecule has 21 heavy (non-hydrogen) atoms. The maximum absolute atomic E-state index is 12.3. The Morgan fingerprint density at radius 3 is 2.62 bits per heavy atom. The van der Waals surface area contributed by atoms with Gasteiger partial charge in [0.2, 0.25) is 0 Å². The molecule has 1 N–H and O–H groups in total. The SMILES string of the molecule is CCCNC(C)(CCN1CCC(C)C(C)C1)C(=O)OCC. The normalized spacial score (nSPS) is 26.3. The van der Waals surface area contributed by atoms with Crippen LogP contribution in [0.1, 0.15) is 53.9 Å². The molecule has 4 heteroatoms. The van der Waals surface area contributed by atoms with E-state index < -0.39 is 5.54 Å². The van der Waals surface area contributed by atoms with Gasteiger partial charge in [0.15, 0.2) is 0 Å². The van der Waals surface area contributed by atoms with Gasteiger partial charge in [-0.25, -0.2) is 0 Å². The first-order valence-corrected chi connectivity index (χ1v) is 8.57. The standard InChI is InChI=1S/C17H34N2O2/c1-6-10-18-17(5,16(20)21-7-2)9-12-19-11-8-14(3)15(4)13-19/h14-15,18H,6-13H2,1-5H3. The molecule has 4 nitrogen and oxygen atoms in total. The van der Waals surface area contributed by atoms with Crippen LogP contribution in [0.2, 0.25) is 0 Å². The molecule has 0 aromatic carbocycles. The number of hydrogen-bond acceptors (Lipinski definition) is 4. The molecule has 0 radical (unpaired) electrons. The van der Waals surface area contributed by atoms with Crippen LogP contribution in [0.15, 0.2) is 0 Å². The van der Waals surface area contributed by atoms with E-state index >= 15 is 0 Å². The molecule has 3 unspecified atom stereocenters. The van der Waals surface area contributed by atoms with Crippen molar-refractivity contribution in [2.75, 3.05) is 32.8 Å². The van der Waals surface area contributed by atoms with Gasteiger partial charge in [-0.15, -0.1) is 0 Å². The third-order valence-electron chi connectivity index (χ3n) is 4.84. The van der Waals surface area contributed by atoms with Gasteiger partial charge in [0.25, 0.3) is 0 Å². The molecule has 3 atom stereocenters. The fraction of sp³-hybridized carbons (Fsp3) is 0.941. The van der Waals surface area contributed by atoms with Crippen LogP contribution >= 0.6 is 0 Å². The van der Waals surface area contributed by atoms with Gasteiger partial charge in [0.05, 0.1) is 6.61 Å². The molecule has 1 rings (SSSR count). The van der Waals surface area contributed by atoms with Gasteiger partial charge in [0.1, 0.15) is 5.54 Å². The Labute approximate surface area is 130 Å². The summed E-state index contributed by atoms with van der Waals surface area (Å²) in [6, 6.07) is 0. The molecule has 1 heterocycles. The second-order valence-corrected chi connectivity index (χ2v) is 6.77. The van der Waals surface area contributed by atoms with E-state index in [9.17, 15) is 4.79 Å². The minimum absolute atomic E-state index is 0.114. The van der Waals surface area contributed by atoms with E-state index in [-0.39, 0.29) is 5.97 Å². The van der Waals surface area contributed by atoms with Crippen molar-refractivity contribution in [3.05, 3.63) is 0 Å². The highest BCUT2D eigenvalue weighted by atomic mass is 16.5. The van der Waals surface area contributed by atoms with Gasteiger partial charge in [-0.1, -0.05) is 20.8 Å². The third kappa shape index (κ3) is 5.59. The Morgan fingerprint density at radius 2 is 2.05 bits per heavy atom. The zero-order valence-electron chi connectivity index (χ0n) is 14.6. The zero-order valence-corrected chi connectivity index (χ0v) is 14.6. The van der Waals surface area contributed by atoms with Crippen LogP contribution in [0.5, 0.6) is 0 Å². The van der Waals surface area contributed by atoms with Crippen LogP contribution in [0.4, 0.5) is 0 Å². The van der Waals surface area contributed by atoms with E-state index in [4.69, 9.17) is 4.74 Å². The summed E-state index contributed by atoms with van der Waals surface area (Å²) in [5.74, 6) is 1.45. The van der Waals surface area contributed by atoms with Gasteiger partial charge in [0, 0.05) is 13.1 Å². The van der Waals surface area contributed by atoms with Crippen molar-refractivity contribution in [1.29, 1.82) is 0 Å². The predicted molar refractivity (Wildman–Crippen MR) is 87.3 cm³/mol. The summed E-state index contributed by atoms with van der Waals surface area (Å²) >= 11 is 0. The molecule has 1 aliphatic rings. The Bertz CT molecular complexity index is 322. The zero-order chi connectivity index (χ0) is 15.9. The molecule has 0 aliphatic carbocycles. The van der Waals surface area contributed by atoms with E-state index in [1.165, 1.54) is 6.42 Å². The predicted octanol–water partition coefficient (Wildman–Crippen LogP) is 2.68. The number of carbonyl (C=O) groups excluding carboxylic acids is 1. The maximum atomic E-state index is 12.3. The van der Waals surface area contributed by atoms with Crippen LogP contribution < -0.4 is 5.32 Å². The van der Waals surface area contributed by atoms with Crippen molar-refractivity contribution < 1.29 is 9.53 Å². The lowest BCUT2D eigenvalue weighted by atomic mass is 9.88. The van der Waals surface area contributed by atoms with Crippen molar-refractivity contribution in [1.82, 2.24) is 10.2 Å². The van der Waals surface area contributed by atoms with E-state index in [1.807, 2.05) is 13.8 Å². The van der Waals surface area contributed by atoms with Gasteiger partial charge >= 0.3 is 5.97 Å². The molecule has 1 saturated heterocycles. The largest absolute Gasteiger partial charge is 0.465 e. The molecule has 0 bridgehead atoms. The van der Waals surface area contributed by atoms with Gasteiger partial charge in [-0.3, -0.25) is 4.79 Å². The molecular weight excluding hydrogens is 264 g/mol. The van der Waals surface area contributed by atoms with Gasteiger partial charge < -0.3 is 15.0 Å². The average Bonchev–Trinajstić information content (AvgIpc) is 2.46. The van der Waals surface area contributed by atoms with E-state index in [0.29, 0.717) is 6.61 Å². The highest BCUT2D eigenvalue weighted by Gasteiger charge is 2.35. The molecule has 0 aromatic heterocycles. The monoisotopic (exact) mass is 298 g/mol. The van der Waals surface area contributed by atoms with Crippen molar-refractivity contribution >= 4 is 5.97 Å². The first-order valence-electron chi connectivity index (χ1n) is 8.57. The number of likely N-dealkylation sites (tertiary alicyclic amines) is 1. The molecule has 0 spiro atoms. The fourth-order valence-electron chi connectivity index (χ4n) is 2.89. The Kier molecular flexibility index (Phi) is 7.67. The second kappa shape index (κ2) is 8.74.